The van der Waals surface area contributed by atoms with Crippen LogP contribution in [-0.4, -0.2) is 28.7 Å². The van der Waals surface area contributed by atoms with Gasteiger partial charge >= 0.3 is 0 Å². The Hall–Kier alpha value is -1.20. The number of aromatic hydroxyl groups is 1. The van der Waals surface area contributed by atoms with Gasteiger partial charge in [0, 0.05) is 12.1 Å². The summed E-state index contributed by atoms with van der Waals surface area (Å²) in [6.45, 7) is 6.13. The van der Waals surface area contributed by atoms with Gasteiger partial charge in [-0.2, -0.15) is 0 Å². The molecule has 0 radical (unpaired) electrons. The highest BCUT2D eigenvalue weighted by Gasteiger charge is 2.30. The number of alkyl halides is 1. The zero-order valence-corrected chi connectivity index (χ0v) is 18.0. The van der Waals surface area contributed by atoms with Crippen molar-refractivity contribution in [3.05, 3.63) is 35.8 Å². The zero-order valence-electron chi connectivity index (χ0n) is 14.6. The van der Waals surface area contributed by atoms with Crippen LogP contribution in [0, 0.1) is 5.82 Å². The fraction of sp³-hybridized carbons (Fsp3) is 0.375. The van der Waals surface area contributed by atoms with E-state index < -0.39 is 25.4 Å². The molecule has 10 heteroatoms. The molecule has 2 unspecified atom stereocenters. The lowest BCUT2D eigenvalue weighted by atomic mass is 10.1. The number of halogens is 2. The van der Waals surface area contributed by atoms with Crippen molar-refractivity contribution in [3.63, 3.8) is 0 Å². The van der Waals surface area contributed by atoms with Gasteiger partial charge in [-0.1, -0.05) is 28.1 Å². The van der Waals surface area contributed by atoms with Crippen LogP contribution in [0.4, 0.5) is 4.39 Å². The van der Waals surface area contributed by atoms with Crippen molar-refractivity contribution in [2.24, 2.45) is 0 Å². The van der Waals surface area contributed by atoms with Crippen LogP contribution in [0.5, 0.6) is 11.5 Å². The standard InChI is InChI=1S/C16H21BrFNO5SSi/c1-26(2,3)24-16-13(20)14(10-5-4-6-11(18)9-10)23-15(16)12(17)7-8-19-25(21)22/h4-6,9,12,19-20H,7-8H2,1-3H3,(H,21,22). The van der Waals surface area contributed by atoms with E-state index in [0.717, 1.165) is 0 Å². The Kier molecular flexibility index (Phi) is 7.03. The normalized spacial score (nSPS) is 14.2. The molecule has 1 aromatic heterocycles. The van der Waals surface area contributed by atoms with Gasteiger partial charge in [-0.05, 0) is 38.2 Å². The van der Waals surface area contributed by atoms with Gasteiger partial charge in [0.15, 0.2) is 17.3 Å². The van der Waals surface area contributed by atoms with Gasteiger partial charge < -0.3 is 13.9 Å². The van der Waals surface area contributed by atoms with Gasteiger partial charge in [-0.25, -0.2) is 13.3 Å². The predicted molar refractivity (Wildman–Crippen MR) is 105 cm³/mol. The van der Waals surface area contributed by atoms with Gasteiger partial charge in [0.05, 0.1) is 4.83 Å². The third kappa shape index (κ3) is 5.65. The molecule has 0 amide bonds. The Bertz CT molecular complexity index is 795. The molecule has 0 fully saturated rings. The summed E-state index contributed by atoms with van der Waals surface area (Å²) in [5, 5.41) is 10.6. The molecular formula is C16H21BrFNO5SSi. The molecule has 2 aromatic rings. The van der Waals surface area contributed by atoms with Crippen molar-refractivity contribution in [1.82, 2.24) is 4.72 Å². The van der Waals surface area contributed by atoms with Crippen LogP contribution >= 0.6 is 15.9 Å². The predicted octanol–water partition coefficient (Wildman–Crippen LogP) is 4.56. The Morgan fingerprint density at radius 2 is 2.12 bits per heavy atom. The molecule has 6 nitrogen and oxygen atoms in total. The van der Waals surface area contributed by atoms with E-state index in [9.17, 15) is 13.7 Å². The van der Waals surface area contributed by atoms with E-state index in [0.29, 0.717) is 17.7 Å². The summed E-state index contributed by atoms with van der Waals surface area (Å²) in [5.74, 6) is 0.0646. The Morgan fingerprint density at radius 1 is 1.42 bits per heavy atom. The van der Waals surface area contributed by atoms with Crippen molar-refractivity contribution in [3.8, 4) is 22.8 Å². The number of nitrogens with one attached hydrogen (secondary N) is 1. The minimum absolute atomic E-state index is 0.121. The number of hydrogen-bond acceptors (Lipinski definition) is 4. The van der Waals surface area contributed by atoms with Crippen molar-refractivity contribution in [2.75, 3.05) is 6.54 Å². The molecular weight excluding hydrogens is 445 g/mol. The maximum atomic E-state index is 13.5. The monoisotopic (exact) mass is 465 g/mol. The van der Waals surface area contributed by atoms with Crippen molar-refractivity contribution < 1.29 is 27.1 Å². The summed E-state index contributed by atoms with van der Waals surface area (Å²) in [6.07, 6.45) is 0.407. The molecule has 1 heterocycles. The number of hydrogen-bond donors (Lipinski definition) is 3. The molecule has 2 atom stereocenters. The molecule has 0 aliphatic rings. The Balaban J connectivity index is 2.41. The van der Waals surface area contributed by atoms with E-state index in [4.69, 9.17) is 13.4 Å². The van der Waals surface area contributed by atoms with Gasteiger partial charge in [-0.15, -0.1) is 0 Å². The van der Waals surface area contributed by atoms with Crippen LogP contribution in [0.25, 0.3) is 11.3 Å². The summed E-state index contributed by atoms with van der Waals surface area (Å²) in [7, 11) is -2.07. The van der Waals surface area contributed by atoms with Gasteiger partial charge in [0.2, 0.25) is 25.3 Å². The fourth-order valence-corrected chi connectivity index (χ4v) is 3.90. The summed E-state index contributed by atoms with van der Waals surface area (Å²) in [5.41, 5.74) is 0.392. The zero-order chi connectivity index (χ0) is 19.5. The summed E-state index contributed by atoms with van der Waals surface area (Å²) < 4.78 is 47.2. The first-order valence-corrected chi connectivity index (χ1v) is 13.3. The minimum Gasteiger partial charge on any atom is -0.539 e. The maximum Gasteiger partial charge on any atom is 0.242 e. The second kappa shape index (κ2) is 8.66. The first kappa shape index (κ1) is 21.1. The molecule has 2 rings (SSSR count). The fourth-order valence-electron chi connectivity index (χ4n) is 2.26. The molecule has 144 valence electrons. The highest BCUT2D eigenvalue weighted by atomic mass is 79.9. The van der Waals surface area contributed by atoms with Gasteiger partial charge in [-0.3, -0.25) is 4.55 Å². The largest absolute Gasteiger partial charge is 0.539 e. The maximum absolute atomic E-state index is 13.5. The van der Waals surface area contributed by atoms with E-state index in [1.165, 1.54) is 18.2 Å². The molecule has 0 saturated carbocycles. The van der Waals surface area contributed by atoms with Crippen LogP contribution in [0.3, 0.4) is 0 Å². The number of benzene rings is 1. The number of furan rings is 1. The van der Waals surface area contributed by atoms with E-state index in [1.807, 2.05) is 19.6 Å². The number of rotatable bonds is 8. The summed E-state index contributed by atoms with van der Waals surface area (Å²) in [4.78, 5) is -0.377. The topological polar surface area (TPSA) is 91.9 Å². The first-order chi connectivity index (χ1) is 12.1. The molecule has 3 N–H and O–H groups in total. The summed E-state index contributed by atoms with van der Waals surface area (Å²) >= 11 is 1.36. The van der Waals surface area contributed by atoms with E-state index in [-0.39, 0.29) is 28.6 Å². The van der Waals surface area contributed by atoms with Crippen LogP contribution in [0.2, 0.25) is 19.6 Å². The van der Waals surface area contributed by atoms with Crippen LogP contribution in [0.1, 0.15) is 17.0 Å². The smallest absolute Gasteiger partial charge is 0.242 e. The lowest BCUT2D eigenvalue weighted by Gasteiger charge is -2.20. The second-order valence-electron chi connectivity index (χ2n) is 6.60. The quantitative estimate of drug-likeness (QED) is 0.302. The van der Waals surface area contributed by atoms with E-state index in [2.05, 4.69) is 20.7 Å². The Morgan fingerprint density at radius 3 is 2.69 bits per heavy atom. The molecule has 0 saturated heterocycles. The van der Waals surface area contributed by atoms with Crippen molar-refractivity contribution in [2.45, 2.75) is 30.9 Å². The summed E-state index contributed by atoms with van der Waals surface area (Å²) in [6, 6.07) is 5.72. The second-order valence-corrected chi connectivity index (χ2v) is 12.9. The highest BCUT2D eigenvalue weighted by Crippen LogP contribution is 2.48. The van der Waals surface area contributed by atoms with E-state index >= 15 is 0 Å². The third-order valence-corrected chi connectivity index (χ3v) is 5.41. The van der Waals surface area contributed by atoms with E-state index in [1.54, 1.807) is 6.07 Å². The Labute approximate surface area is 163 Å². The van der Waals surface area contributed by atoms with Crippen LogP contribution < -0.4 is 9.15 Å². The van der Waals surface area contributed by atoms with Crippen molar-refractivity contribution in [1.29, 1.82) is 0 Å². The minimum atomic E-state index is -2.11. The lowest BCUT2D eigenvalue weighted by molar-refractivity contribution is 0.438. The molecule has 0 aliphatic carbocycles. The lowest BCUT2D eigenvalue weighted by Crippen LogP contribution is -2.29. The molecule has 1 aromatic carbocycles. The average molecular weight is 466 g/mol. The van der Waals surface area contributed by atoms with Crippen LogP contribution in [-0.2, 0) is 11.3 Å². The van der Waals surface area contributed by atoms with Gasteiger partial charge in [0.1, 0.15) is 5.82 Å². The van der Waals surface area contributed by atoms with Crippen molar-refractivity contribution >= 4 is 35.5 Å². The molecule has 26 heavy (non-hydrogen) atoms. The first-order valence-electron chi connectivity index (χ1n) is 7.87. The average Bonchev–Trinajstić information content (AvgIpc) is 2.82. The van der Waals surface area contributed by atoms with Crippen LogP contribution in [0.15, 0.2) is 28.7 Å². The highest BCUT2D eigenvalue weighted by molar-refractivity contribution is 9.09. The molecule has 0 aliphatic heterocycles. The third-order valence-electron chi connectivity index (χ3n) is 3.27. The SMILES string of the molecule is C[Si](C)(C)Oc1c(C(Br)CCNS(=O)O)oc(-c2cccc(F)c2)c1O. The molecule has 0 bridgehead atoms. The molecule has 0 spiro atoms. The van der Waals surface area contributed by atoms with Gasteiger partial charge in [0.25, 0.3) is 0 Å².